The molecule has 0 saturated heterocycles. The van der Waals surface area contributed by atoms with Crippen molar-refractivity contribution in [3.05, 3.63) is 77.9 Å². The molecule has 10 heteroatoms. The van der Waals surface area contributed by atoms with Gasteiger partial charge in [0.05, 0.1) is 13.7 Å². The van der Waals surface area contributed by atoms with Gasteiger partial charge in [0.25, 0.3) is 0 Å². The number of phenolic OH excluding ortho intramolecular Hbond substituents is 1. The summed E-state index contributed by atoms with van der Waals surface area (Å²) in [6, 6.07) is 13.8. The summed E-state index contributed by atoms with van der Waals surface area (Å²) in [5.74, 6) is -1.71. The lowest BCUT2D eigenvalue weighted by atomic mass is 10.0. The Kier molecular flexibility index (Phi) is 13.4. The smallest absolute Gasteiger partial charge is 0.328 e. The van der Waals surface area contributed by atoms with Crippen molar-refractivity contribution < 1.29 is 29.0 Å². The second-order valence-electron chi connectivity index (χ2n) is 9.97. The van der Waals surface area contributed by atoms with E-state index in [4.69, 9.17) is 10.5 Å². The highest BCUT2D eigenvalue weighted by Crippen LogP contribution is 2.11. The molecule has 0 heterocycles. The average Bonchev–Trinajstić information content (AvgIpc) is 2.92. The number of carbonyl (C=O) groups excluding carboxylic acids is 4. The minimum absolute atomic E-state index is 0.0283. The first-order valence-corrected chi connectivity index (χ1v) is 13.3. The highest BCUT2D eigenvalue weighted by atomic mass is 16.5. The molecule has 0 fully saturated rings. The Labute approximate surface area is 235 Å². The van der Waals surface area contributed by atoms with Gasteiger partial charge in [-0.1, -0.05) is 68.5 Å². The summed E-state index contributed by atoms with van der Waals surface area (Å²) in [6.45, 7) is 3.52. The molecule has 0 aliphatic carbocycles. The molecule has 2 aromatic carbocycles. The van der Waals surface area contributed by atoms with Crippen LogP contribution >= 0.6 is 0 Å². The number of nitrogens with one attached hydrogen (secondary N) is 3. The van der Waals surface area contributed by atoms with Gasteiger partial charge in [0, 0.05) is 18.9 Å². The third-order valence-electron chi connectivity index (χ3n) is 5.98. The topological polar surface area (TPSA) is 160 Å². The number of aromatic hydroxyl groups is 1. The van der Waals surface area contributed by atoms with E-state index in [0.29, 0.717) is 12.8 Å². The largest absolute Gasteiger partial charge is 0.508 e. The van der Waals surface area contributed by atoms with Gasteiger partial charge >= 0.3 is 5.97 Å². The van der Waals surface area contributed by atoms with E-state index in [9.17, 15) is 24.3 Å². The molecule has 6 N–H and O–H groups in total. The average molecular weight is 553 g/mol. The maximum Gasteiger partial charge on any atom is 0.328 e. The van der Waals surface area contributed by atoms with Crippen LogP contribution in [0.25, 0.3) is 0 Å². The Hall–Kier alpha value is -4.18. The van der Waals surface area contributed by atoms with Crippen molar-refractivity contribution in [2.45, 2.75) is 57.7 Å². The summed E-state index contributed by atoms with van der Waals surface area (Å²) in [4.78, 5) is 50.2. The highest BCUT2D eigenvalue weighted by Gasteiger charge is 2.28. The Morgan fingerprint density at radius 2 is 1.55 bits per heavy atom. The van der Waals surface area contributed by atoms with Crippen LogP contribution in [0.4, 0.5) is 0 Å². The number of rotatable bonds is 15. The summed E-state index contributed by atoms with van der Waals surface area (Å²) in [7, 11) is 1.26. The monoisotopic (exact) mass is 552 g/mol. The summed E-state index contributed by atoms with van der Waals surface area (Å²) < 4.78 is 4.83. The molecule has 0 saturated carbocycles. The zero-order valence-corrected chi connectivity index (χ0v) is 23.3. The van der Waals surface area contributed by atoms with E-state index in [1.807, 2.05) is 44.2 Å². The van der Waals surface area contributed by atoms with Gasteiger partial charge in [-0.05, 0) is 42.0 Å². The van der Waals surface area contributed by atoms with Gasteiger partial charge in [-0.3, -0.25) is 14.4 Å². The quantitative estimate of drug-likeness (QED) is 0.166. The molecule has 2 aromatic rings. The highest BCUT2D eigenvalue weighted by molar-refractivity contribution is 5.92. The number of esters is 1. The molecule has 0 radical (unpaired) electrons. The molecule has 0 aliphatic heterocycles. The van der Waals surface area contributed by atoms with E-state index in [-0.39, 0.29) is 43.0 Å². The number of methoxy groups -OCH3 is 1. The number of benzene rings is 2. The third kappa shape index (κ3) is 12.1. The molecule has 2 rings (SSSR count). The van der Waals surface area contributed by atoms with Crippen LogP contribution in [0.15, 0.2) is 66.7 Å². The summed E-state index contributed by atoms with van der Waals surface area (Å²) >= 11 is 0. The zero-order chi connectivity index (χ0) is 29.5. The third-order valence-corrected chi connectivity index (χ3v) is 5.98. The number of carbonyl (C=O) groups is 4. The SMILES string of the molecule is COC(=O)[C@H](CC(C)C)NC(=O)[C@H](Cc1ccccc1)NC(=O)CNC(=O)C/C=C/[C@@H](N)Cc1ccc(O)cc1. The van der Waals surface area contributed by atoms with Crippen LogP contribution in [0.1, 0.15) is 37.8 Å². The van der Waals surface area contributed by atoms with E-state index in [1.165, 1.54) is 7.11 Å². The Morgan fingerprint density at radius 1 is 0.900 bits per heavy atom. The van der Waals surface area contributed by atoms with Gasteiger partial charge in [-0.25, -0.2) is 4.79 Å². The normalized spacial score (nSPS) is 13.3. The fourth-order valence-corrected chi connectivity index (χ4v) is 3.98. The first-order valence-electron chi connectivity index (χ1n) is 13.3. The van der Waals surface area contributed by atoms with Gasteiger partial charge in [0.15, 0.2) is 0 Å². The molecule has 0 aromatic heterocycles. The van der Waals surface area contributed by atoms with E-state index < -0.39 is 29.9 Å². The predicted molar refractivity (Wildman–Crippen MR) is 152 cm³/mol. The van der Waals surface area contributed by atoms with Crippen molar-refractivity contribution in [1.29, 1.82) is 0 Å². The fraction of sp³-hybridized carbons (Fsp3) is 0.400. The van der Waals surface area contributed by atoms with E-state index >= 15 is 0 Å². The van der Waals surface area contributed by atoms with Crippen molar-refractivity contribution in [2.75, 3.05) is 13.7 Å². The van der Waals surface area contributed by atoms with Crippen molar-refractivity contribution >= 4 is 23.7 Å². The molecule has 3 atom stereocenters. The maximum absolute atomic E-state index is 13.1. The van der Waals surface area contributed by atoms with Gasteiger partial charge in [0.1, 0.15) is 17.8 Å². The Bertz CT molecular complexity index is 1130. The van der Waals surface area contributed by atoms with Crippen molar-refractivity contribution in [3.63, 3.8) is 0 Å². The molecule has 40 heavy (non-hydrogen) atoms. The molecule has 0 aliphatic rings. The molecular weight excluding hydrogens is 512 g/mol. The standard InChI is InChI=1S/C30H40N4O6/c1-20(2)16-26(30(39)40-3)34-29(38)25(18-21-8-5-4-6-9-21)33-28(37)19-32-27(36)11-7-10-23(31)17-22-12-14-24(35)15-13-22/h4-10,12-15,20,23,25-26,35H,11,16-19,31H2,1-3H3,(H,32,36)(H,33,37)(H,34,38)/b10-7+/t23-,25+,26+/m1/s1. The number of phenols is 1. The number of ether oxygens (including phenoxy) is 1. The number of hydrogen-bond acceptors (Lipinski definition) is 7. The minimum atomic E-state index is -0.969. The van der Waals surface area contributed by atoms with E-state index in [0.717, 1.165) is 11.1 Å². The predicted octanol–water partition coefficient (Wildman–Crippen LogP) is 1.76. The summed E-state index contributed by atoms with van der Waals surface area (Å²) in [5, 5.41) is 17.3. The number of nitrogens with two attached hydrogens (primary N) is 1. The lowest BCUT2D eigenvalue weighted by molar-refractivity contribution is -0.145. The zero-order valence-electron chi connectivity index (χ0n) is 23.3. The van der Waals surface area contributed by atoms with Crippen LogP contribution in [-0.4, -0.2) is 60.6 Å². The second-order valence-corrected chi connectivity index (χ2v) is 9.97. The number of hydrogen-bond donors (Lipinski definition) is 5. The molecule has 216 valence electrons. The van der Waals surface area contributed by atoms with Gasteiger partial charge in [-0.2, -0.15) is 0 Å². The lowest BCUT2D eigenvalue weighted by Crippen LogP contribution is -2.54. The first-order chi connectivity index (χ1) is 19.1. The fourth-order valence-electron chi connectivity index (χ4n) is 3.98. The van der Waals surface area contributed by atoms with E-state index in [2.05, 4.69) is 16.0 Å². The van der Waals surface area contributed by atoms with Gasteiger partial charge in [0.2, 0.25) is 17.7 Å². The molecule has 3 amide bonds. The van der Waals surface area contributed by atoms with Crippen molar-refractivity contribution in [3.8, 4) is 5.75 Å². The van der Waals surface area contributed by atoms with E-state index in [1.54, 1.807) is 36.4 Å². The number of amides is 3. The van der Waals surface area contributed by atoms with Crippen LogP contribution in [0, 0.1) is 5.92 Å². The van der Waals surface area contributed by atoms with Crippen LogP contribution < -0.4 is 21.7 Å². The molecule has 0 spiro atoms. The molecule has 10 nitrogen and oxygen atoms in total. The second kappa shape index (κ2) is 16.7. The summed E-state index contributed by atoms with van der Waals surface area (Å²) in [5.41, 5.74) is 7.85. The van der Waals surface area contributed by atoms with Crippen LogP contribution in [0.5, 0.6) is 5.75 Å². The van der Waals surface area contributed by atoms with Crippen LogP contribution in [-0.2, 0) is 36.8 Å². The van der Waals surface area contributed by atoms with Crippen molar-refractivity contribution in [1.82, 2.24) is 16.0 Å². The first kappa shape index (κ1) is 32.0. The van der Waals surface area contributed by atoms with Crippen LogP contribution in [0.3, 0.4) is 0 Å². The van der Waals surface area contributed by atoms with Gasteiger partial charge < -0.3 is 31.5 Å². The van der Waals surface area contributed by atoms with Gasteiger partial charge in [-0.15, -0.1) is 0 Å². The Morgan fingerprint density at radius 3 is 2.17 bits per heavy atom. The Balaban J connectivity index is 1.91. The van der Waals surface area contributed by atoms with Crippen molar-refractivity contribution in [2.24, 2.45) is 11.7 Å². The minimum Gasteiger partial charge on any atom is -0.508 e. The lowest BCUT2D eigenvalue weighted by Gasteiger charge is -2.23. The maximum atomic E-state index is 13.1. The molecular formula is C30H40N4O6. The van der Waals surface area contributed by atoms with Crippen LogP contribution in [0.2, 0.25) is 0 Å². The summed E-state index contributed by atoms with van der Waals surface area (Å²) in [6.07, 6.45) is 4.49. The molecule has 0 unspecified atom stereocenters. The molecule has 0 bridgehead atoms.